The van der Waals surface area contributed by atoms with Gasteiger partial charge >= 0.3 is 0 Å². The average Bonchev–Trinajstić information content (AvgIpc) is 2.79. The van der Waals surface area contributed by atoms with Crippen molar-refractivity contribution in [1.29, 1.82) is 0 Å². The zero-order chi connectivity index (χ0) is 21.8. The molecule has 1 fully saturated rings. The van der Waals surface area contributed by atoms with E-state index in [-0.39, 0.29) is 12.4 Å². The first-order chi connectivity index (χ1) is 15.0. The van der Waals surface area contributed by atoms with Gasteiger partial charge in [-0.05, 0) is 36.6 Å². The predicted molar refractivity (Wildman–Crippen MR) is 120 cm³/mol. The lowest BCUT2D eigenvalue weighted by Crippen LogP contribution is -2.47. The lowest BCUT2D eigenvalue weighted by molar-refractivity contribution is 0.0536. The molecule has 0 radical (unpaired) electrons. The minimum atomic E-state index is -0.956. The third kappa shape index (κ3) is 5.56. The number of fused-ring (bicyclic) bond motifs is 1. The summed E-state index contributed by atoms with van der Waals surface area (Å²) in [6.07, 6.45) is 1.29. The predicted octanol–water partition coefficient (Wildman–Crippen LogP) is 4.04. The SMILES string of the molecule is CN(C1=Nc2ccccc2CS1)C1CCN(C[C@H](O)COc2ccc(F)c(F)c2)CC1. The number of likely N-dealkylation sites (tertiary alicyclic amines) is 1. The van der Waals surface area contributed by atoms with Crippen molar-refractivity contribution in [2.24, 2.45) is 4.99 Å². The van der Waals surface area contributed by atoms with E-state index in [2.05, 4.69) is 35.0 Å². The highest BCUT2D eigenvalue weighted by Crippen LogP contribution is 2.32. The number of hydrogen-bond acceptors (Lipinski definition) is 6. The third-order valence-corrected chi connectivity index (χ3v) is 6.87. The van der Waals surface area contributed by atoms with Gasteiger partial charge in [0.05, 0.1) is 5.69 Å². The van der Waals surface area contributed by atoms with E-state index in [0.717, 1.165) is 54.7 Å². The highest BCUT2D eigenvalue weighted by molar-refractivity contribution is 8.13. The van der Waals surface area contributed by atoms with Crippen molar-refractivity contribution in [3.8, 4) is 5.75 Å². The first-order valence-electron chi connectivity index (χ1n) is 10.5. The quantitative estimate of drug-likeness (QED) is 0.725. The van der Waals surface area contributed by atoms with Gasteiger partial charge in [0, 0.05) is 44.5 Å². The van der Waals surface area contributed by atoms with Gasteiger partial charge < -0.3 is 19.6 Å². The molecule has 2 aliphatic rings. The number of aliphatic hydroxyl groups excluding tert-OH is 1. The van der Waals surface area contributed by atoms with E-state index in [9.17, 15) is 13.9 Å². The van der Waals surface area contributed by atoms with Gasteiger partial charge in [0.2, 0.25) is 0 Å². The monoisotopic (exact) mass is 447 g/mol. The Hall–Kier alpha value is -2.16. The fraction of sp³-hybridized carbons (Fsp3) is 0.435. The summed E-state index contributed by atoms with van der Waals surface area (Å²) in [7, 11) is 2.12. The molecule has 1 atom stereocenters. The van der Waals surface area contributed by atoms with E-state index in [0.29, 0.717) is 12.6 Å². The summed E-state index contributed by atoms with van der Waals surface area (Å²) in [6, 6.07) is 12.1. The highest BCUT2D eigenvalue weighted by Gasteiger charge is 2.27. The van der Waals surface area contributed by atoms with Crippen LogP contribution in [0.1, 0.15) is 18.4 Å². The second-order valence-corrected chi connectivity index (χ2v) is 8.94. The zero-order valence-electron chi connectivity index (χ0n) is 17.5. The maximum absolute atomic E-state index is 13.2. The number of halogens is 2. The number of nitrogens with zero attached hydrogens (tertiary/aromatic N) is 3. The summed E-state index contributed by atoms with van der Waals surface area (Å²) < 4.78 is 31.6. The molecule has 2 aromatic rings. The summed E-state index contributed by atoms with van der Waals surface area (Å²) in [5, 5.41) is 11.4. The van der Waals surface area contributed by atoms with Crippen molar-refractivity contribution < 1.29 is 18.6 Å². The number of piperidine rings is 1. The molecular weight excluding hydrogens is 420 g/mol. The van der Waals surface area contributed by atoms with Crippen molar-refractivity contribution in [1.82, 2.24) is 9.80 Å². The van der Waals surface area contributed by atoms with E-state index < -0.39 is 17.7 Å². The number of ether oxygens (including phenoxy) is 1. The van der Waals surface area contributed by atoms with Crippen LogP contribution in [-0.4, -0.2) is 65.5 Å². The van der Waals surface area contributed by atoms with Crippen LogP contribution in [-0.2, 0) is 5.75 Å². The molecule has 0 saturated carbocycles. The van der Waals surface area contributed by atoms with E-state index in [4.69, 9.17) is 9.73 Å². The molecule has 0 amide bonds. The van der Waals surface area contributed by atoms with Crippen LogP contribution in [0, 0.1) is 11.6 Å². The van der Waals surface area contributed by atoms with Gasteiger partial charge in [-0.2, -0.15) is 0 Å². The molecular formula is C23H27F2N3O2S. The molecule has 2 aromatic carbocycles. The molecule has 2 heterocycles. The number of β-amino-alcohol motifs (C(OH)–C–C–N with tert-alkyl or cyclic N) is 1. The molecule has 0 spiro atoms. The molecule has 0 bridgehead atoms. The second-order valence-electron chi connectivity index (χ2n) is 8.00. The molecule has 5 nitrogen and oxygen atoms in total. The van der Waals surface area contributed by atoms with Crippen LogP contribution >= 0.6 is 11.8 Å². The number of hydrogen-bond donors (Lipinski definition) is 1. The fourth-order valence-corrected chi connectivity index (χ4v) is 5.00. The maximum atomic E-state index is 13.2. The van der Waals surface area contributed by atoms with Gasteiger partial charge in [-0.15, -0.1) is 0 Å². The van der Waals surface area contributed by atoms with Crippen LogP contribution in [0.2, 0.25) is 0 Å². The normalized spacial score (nSPS) is 18.3. The Morgan fingerprint density at radius 1 is 1.19 bits per heavy atom. The topological polar surface area (TPSA) is 48.3 Å². The molecule has 0 aromatic heterocycles. The number of para-hydroxylation sites is 1. The van der Waals surface area contributed by atoms with E-state index in [1.807, 2.05) is 6.07 Å². The molecule has 1 N–H and O–H groups in total. The minimum absolute atomic E-state index is 0.0394. The van der Waals surface area contributed by atoms with Crippen LogP contribution in [0.3, 0.4) is 0 Å². The molecule has 0 unspecified atom stereocenters. The third-order valence-electron chi connectivity index (χ3n) is 5.77. The van der Waals surface area contributed by atoms with E-state index >= 15 is 0 Å². The van der Waals surface area contributed by atoms with E-state index in [1.54, 1.807) is 11.8 Å². The van der Waals surface area contributed by atoms with Gasteiger partial charge in [0.25, 0.3) is 0 Å². The standard InChI is InChI=1S/C23H27F2N3O2S/c1-27(23-26-22-5-3-2-4-16(22)15-31-23)17-8-10-28(11-9-17)13-18(29)14-30-19-6-7-20(24)21(25)12-19/h2-7,12,17-18,29H,8-11,13-15H2,1H3/t18-/m0/s1. The summed E-state index contributed by atoms with van der Waals surface area (Å²) in [5.41, 5.74) is 2.34. The van der Waals surface area contributed by atoms with Gasteiger partial charge in [-0.25, -0.2) is 13.8 Å². The van der Waals surface area contributed by atoms with Gasteiger partial charge in [0.15, 0.2) is 16.8 Å². The second kappa shape index (κ2) is 9.97. The molecule has 0 aliphatic carbocycles. The Balaban J connectivity index is 1.23. The first-order valence-corrected chi connectivity index (χ1v) is 11.5. The summed E-state index contributed by atoms with van der Waals surface area (Å²) >= 11 is 1.78. The number of rotatable bonds is 6. The highest BCUT2D eigenvalue weighted by atomic mass is 32.2. The van der Waals surface area contributed by atoms with Crippen LogP contribution in [0.4, 0.5) is 14.5 Å². The van der Waals surface area contributed by atoms with Crippen molar-refractivity contribution in [2.45, 2.75) is 30.7 Å². The summed E-state index contributed by atoms with van der Waals surface area (Å²) in [4.78, 5) is 9.35. The van der Waals surface area contributed by atoms with E-state index in [1.165, 1.54) is 11.6 Å². The molecule has 31 heavy (non-hydrogen) atoms. The van der Waals surface area contributed by atoms with Crippen LogP contribution in [0.25, 0.3) is 0 Å². The Morgan fingerprint density at radius 2 is 1.97 bits per heavy atom. The number of thioether (sulfide) groups is 1. The molecule has 1 saturated heterocycles. The zero-order valence-corrected chi connectivity index (χ0v) is 18.3. The first kappa shape index (κ1) is 22.0. The average molecular weight is 448 g/mol. The number of aliphatic imine (C=N–C) groups is 1. The number of benzene rings is 2. The Kier molecular flexibility index (Phi) is 7.09. The van der Waals surface area contributed by atoms with Crippen molar-refractivity contribution >= 4 is 22.6 Å². The van der Waals surface area contributed by atoms with Crippen molar-refractivity contribution in [2.75, 3.05) is 33.3 Å². The lowest BCUT2D eigenvalue weighted by Gasteiger charge is -2.39. The Morgan fingerprint density at radius 3 is 2.74 bits per heavy atom. The number of amidine groups is 1. The summed E-state index contributed by atoms with van der Waals surface area (Å²) in [6.45, 7) is 2.29. The van der Waals surface area contributed by atoms with Gasteiger partial charge in [-0.3, -0.25) is 0 Å². The Labute approximate surface area is 185 Å². The lowest BCUT2D eigenvalue weighted by atomic mass is 10.0. The minimum Gasteiger partial charge on any atom is -0.491 e. The van der Waals surface area contributed by atoms with Crippen molar-refractivity contribution in [3.05, 3.63) is 59.7 Å². The van der Waals surface area contributed by atoms with Crippen molar-refractivity contribution in [3.63, 3.8) is 0 Å². The maximum Gasteiger partial charge on any atom is 0.164 e. The van der Waals surface area contributed by atoms with Gasteiger partial charge in [-0.1, -0.05) is 30.0 Å². The fourth-order valence-electron chi connectivity index (χ4n) is 3.96. The Bertz CT molecular complexity index is 935. The summed E-state index contributed by atoms with van der Waals surface area (Å²) in [5.74, 6) is -0.710. The van der Waals surface area contributed by atoms with Crippen LogP contribution in [0.5, 0.6) is 5.75 Å². The number of aliphatic hydroxyl groups is 1. The molecule has 4 rings (SSSR count). The largest absolute Gasteiger partial charge is 0.491 e. The smallest absolute Gasteiger partial charge is 0.164 e. The van der Waals surface area contributed by atoms with Crippen LogP contribution < -0.4 is 4.74 Å². The van der Waals surface area contributed by atoms with Crippen LogP contribution in [0.15, 0.2) is 47.5 Å². The molecule has 166 valence electrons. The molecule has 2 aliphatic heterocycles. The van der Waals surface area contributed by atoms with Gasteiger partial charge in [0.1, 0.15) is 18.5 Å². The molecule has 8 heteroatoms.